The van der Waals surface area contributed by atoms with Gasteiger partial charge in [0.05, 0.1) is 12.6 Å². The normalized spacial score (nSPS) is 11.8. The Morgan fingerprint density at radius 2 is 2.00 bits per heavy atom. The zero-order chi connectivity index (χ0) is 10.2. The fraction of sp³-hybridized carbons (Fsp3) is 0.625. The zero-order valence-electron chi connectivity index (χ0n) is 8.26. The molecule has 0 amide bonds. The second-order valence-corrected chi connectivity index (χ2v) is 4.15. The fourth-order valence-electron chi connectivity index (χ4n) is 0.986. The molecule has 0 bridgehead atoms. The van der Waals surface area contributed by atoms with Gasteiger partial charge in [0.2, 0.25) is 0 Å². The molecule has 0 spiro atoms. The molecule has 5 heteroatoms. The van der Waals surface area contributed by atoms with Gasteiger partial charge < -0.3 is 10.5 Å². The van der Waals surface area contributed by atoms with Gasteiger partial charge in [-0.1, -0.05) is 11.6 Å². The largest absolute Gasteiger partial charge is 0.478 e. The van der Waals surface area contributed by atoms with Crippen molar-refractivity contribution in [2.45, 2.75) is 26.3 Å². The van der Waals surface area contributed by atoms with Crippen molar-refractivity contribution in [1.82, 2.24) is 9.78 Å². The highest BCUT2D eigenvalue weighted by molar-refractivity contribution is 6.32. The van der Waals surface area contributed by atoms with Crippen LogP contribution in [0.25, 0.3) is 0 Å². The Bertz CT molecular complexity index is 314. The number of aromatic nitrogens is 2. The number of halogens is 1. The average molecular weight is 204 g/mol. The molecule has 0 saturated carbocycles. The van der Waals surface area contributed by atoms with Crippen molar-refractivity contribution < 1.29 is 4.74 Å². The molecule has 0 aliphatic carbocycles. The first-order valence-electron chi connectivity index (χ1n) is 3.96. The Kier molecular flexibility index (Phi) is 2.43. The summed E-state index contributed by atoms with van der Waals surface area (Å²) < 4.78 is 6.60. The predicted molar refractivity (Wildman–Crippen MR) is 53.2 cm³/mol. The summed E-state index contributed by atoms with van der Waals surface area (Å²) >= 11 is 5.97. The smallest absolute Gasteiger partial charge is 0.257 e. The highest BCUT2D eigenvalue weighted by Crippen LogP contribution is 2.32. The van der Waals surface area contributed by atoms with E-state index in [0.717, 1.165) is 0 Å². The van der Waals surface area contributed by atoms with Crippen LogP contribution in [-0.2, 0) is 5.54 Å². The van der Waals surface area contributed by atoms with Crippen LogP contribution < -0.4 is 10.5 Å². The van der Waals surface area contributed by atoms with Crippen LogP contribution in [0, 0.1) is 0 Å². The molecule has 13 heavy (non-hydrogen) atoms. The van der Waals surface area contributed by atoms with E-state index in [1.54, 1.807) is 4.68 Å². The van der Waals surface area contributed by atoms with Crippen molar-refractivity contribution in [2.24, 2.45) is 0 Å². The number of nitrogens with zero attached hydrogens (tertiary/aromatic N) is 2. The van der Waals surface area contributed by atoms with Gasteiger partial charge in [-0.25, -0.2) is 4.68 Å². The van der Waals surface area contributed by atoms with E-state index < -0.39 is 0 Å². The van der Waals surface area contributed by atoms with E-state index in [2.05, 4.69) is 5.10 Å². The fourth-order valence-corrected chi connectivity index (χ4v) is 1.36. The molecule has 0 atom stereocenters. The second kappa shape index (κ2) is 3.10. The number of nitrogens with two attached hydrogens (primary N) is 1. The van der Waals surface area contributed by atoms with Crippen LogP contribution in [0.1, 0.15) is 20.8 Å². The first-order valence-corrected chi connectivity index (χ1v) is 4.34. The number of methoxy groups -OCH3 is 1. The van der Waals surface area contributed by atoms with Crippen LogP contribution in [0.15, 0.2) is 0 Å². The van der Waals surface area contributed by atoms with Crippen molar-refractivity contribution in [3.63, 3.8) is 0 Å². The molecule has 0 aliphatic heterocycles. The average Bonchev–Trinajstić information content (AvgIpc) is 2.28. The van der Waals surface area contributed by atoms with Crippen LogP contribution in [-0.4, -0.2) is 16.9 Å². The Morgan fingerprint density at radius 1 is 1.46 bits per heavy atom. The Hall–Kier alpha value is -0.900. The van der Waals surface area contributed by atoms with Crippen molar-refractivity contribution in [2.75, 3.05) is 12.8 Å². The summed E-state index contributed by atoms with van der Waals surface area (Å²) in [5.41, 5.74) is 5.87. The molecular formula is C8H14ClN3O. The minimum Gasteiger partial charge on any atom is -0.478 e. The van der Waals surface area contributed by atoms with E-state index in [1.807, 2.05) is 20.8 Å². The third-order valence-corrected chi connectivity index (χ3v) is 2.02. The summed E-state index contributed by atoms with van der Waals surface area (Å²) in [4.78, 5) is 0. The van der Waals surface area contributed by atoms with E-state index in [-0.39, 0.29) is 5.54 Å². The molecule has 0 radical (unpaired) electrons. The van der Waals surface area contributed by atoms with E-state index in [9.17, 15) is 0 Å². The van der Waals surface area contributed by atoms with E-state index >= 15 is 0 Å². The van der Waals surface area contributed by atoms with E-state index in [4.69, 9.17) is 22.1 Å². The summed E-state index contributed by atoms with van der Waals surface area (Å²) in [6.45, 7) is 5.97. The lowest BCUT2D eigenvalue weighted by atomic mass is 10.1. The lowest BCUT2D eigenvalue weighted by Crippen LogP contribution is -2.23. The van der Waals surface area contributed by atoms with Crippen LogP contribution >= 0.6 is 11.6 Å². The van der Waals surface area contributed by atoms with Crippen molar-refractivity contribution >= 4 is 17.3 Å². The molecule has 1 aromatic heterocycles. The van der Waals surface area contributed by atoms with Gasteiger partial charge in [0.25, 0.3) is 5.88 Å². The molecule has 4 nitrogen and oxygen atoms in total. The third-order valence-electron chi connectivity index (χ3n) is 1.66. The molecule has 74 valence electrons. The van der Waals surface area contributed by atoms with E-state index in [1.165, 1.54) is 7.11 Å². The van der Waals surface area contributed by atoms with Crippen LogP contribution in [0.4, 0.5) is 5.69 Å². The maximum atomic E-state index is 5.97. The minimum absolute atomic E-state index is 0.192. The van der Waals surface area contributed by atoms with Gasteiger partial charge in [-0.3, -0.25) is 0 Å². The highest BCUT2D eigenvalue weighted by atomic mass is 35.5. The minimum atomic E-state index is -0.192. The lowest BCUT2D eigenvalue weighted by molar-refractivity contribution is 0.330. The van der Waals surface area contributed by atoms with Crippen LogP contribution in [0.5, 0.6) is 5.88 Å². The summed E-state index contributed by atoms with van der Waals surface area (Å²) in [5.74, 6) is 0.375. The molecule has 1 heterocycles. The van der Waals surface area contributed by atoms with Gasteiger partial charge in [-0.15, -0.1) is 5.10 Å². The van der Waals surface area contributed by atoms with Gasteiger partial charge in [0.15, 0.2) is 5.15 Å². The highest BCUT2D eigenvalue weighted by Gasteiger charge is 2.22. The standard InChI is InChI=1S/C8H14ClN3O/c1-8(2,3)12-6(9)5(10)7(11-12)13-4/h10H2,1-4H3. The van der Waals surface area contributed by atoms with Crippen molar-refractivity contribution in [3.05, 3.63) is 5.15 Å². The van der Waals surface area contributed by atoms with Crippen LogP contribution in [0.2, 0.25) is 5.15 Å². The lowest BCUT2D eigenvalue weighted by Gasteiger charge is -2.19. The number of ether oxygens (including phenoxy) is 1. The number of hydrogen-bond donors (Lipinski definition) is 1. The quantitative estimate of drug-likeness (QED) is 0.759. The number of rotatable bonds is 1. The maximum absolute atomic E-state index is 5.97. The van der Waals surface area contributed by atoms with Crippen LogP contribution in [0.3, 0.4) is 0 Å². The Balaban J connectivity index is 3.25. The SMILES string of the molecule is COc1nn(C(C)(C)C)c(Cl)c1N. The van der Waals surface area contributed by atoms with Gasteiger partial charge >= 0.3 is 0 Å². The maximum Gasteiger partial charge on any atom is 0.257 e. The van der Waals surface area contributed by atoms with Gasteiger partial charge in [-0.05, 0) is 20.8 Å². The number of anilines is 1. The third kappa shape index (κ3) is 1.72. The van der Waals surface area contributed by atoms with Crippen molar-refractivity contribution in [3.8, 4) is 5.88 Å². The summed E-state index contributed by atoms with van der Waals surface area (Å²) in [6.07, 6.45) is 0. The summed E-state index contributed by atoms with van der Waals surface area (Å²) in [7, 11) is 1.52. The first kappa shape index (κ1) is 10.2. The van der Waals surface area contributed by atoms with E-state index in [0.29, 0.717) is 16.7 Å². The molecule has 1 rings (SSSR count). The van der Waals surface area contributed by atoms with Gasteiger partial charge in [0.1, 0.15) is 5.69 Å². The summed E-state index contributed by atoms with van der Waals surface area (Å²) in [5, 5.41) is 4.56. The molecular weight excluding hydrogens is 190 g/mol. The topological polar surface area (TPSA) is 53.1 Å². The first-order chi connectivity index (χ1) is 5.88. The zero-order valence-corrected chi connectivity index (χ0v) is 9.01. The summed E-state index contributed by atoms with van der Waals surface area (Å²) in [6, 6.07) is 0. The molecule has 0 aliphatic rings. The Labute approximate surface area is 82.6 Å². The monoisotopic (exact) mass is 203 g/mol. The van der Waals surface area contributed by atoms with Gasteiger partial charge in [0, 0.05) is 0 Å². The number of nitrogen functional groups attached to an aromatic ring is 1. The predicted octanol–water partition coefficient (Wildman–Crippen LogP) is 1.88. The van der Waals surface area contributed by atoms with Gasteiger partial charge in [-0.2, -0.15) is 0 Å². The van der Waals surface area contributed by atoms with Crippen molar-refractivity contribution in [1.29, 1.82) is 0 Å². The molecule has 0 aromatic carbocycles. The molecule has 1 aromatic rings. The Morgan fingerprint density at radius 3 is 2.23 bits per heavy atom. The number of hydrogen-bond acceptors (Lipinski definition) is 3. The molecule has 0 unspecified atom stereocenters. The molecule has 0 fully saturated rings. The molecule has 0 saturated heterocycles. The second-order valence-electron chi connectivity index (χ2n) is 3.80. The molecule has 2 N–H and O–H groups in total.